The van der Waals surface area contributed by atoms with E-state index in [4.69, 9.17) is 9.47 Å². The minimum Gasteiger partial charge on any atom is -0.493 e. The molecule has 1 aromatic carbocycles. The standard InChI is InChI=1S/C18H25NO4/c1-22-16-8-4-5-9-17(16)23-11-10-19-14-7-3-2-6-13(14)12-15(19)18(20)21/h4-5,8-9,13-15H,2-3,6-7,10-12H2,1H3,(H,20,21)/t13-,14-,15-/m0/s1. The van der Waals surface area contributed by atoms with Crippen LogP contribution < -0.4 is 9.47 Å². The number of ether oxygens (including phenoxy) is 2. The van der Waals surface area contributed by atoms with E-state index in [0.29, 0.717) is 36.6 Å². The normalized spacial score (nSPS) is 27.4. The Kier molecular flexibility index (Phi) is 5.06. The molecular weight excluding hydrogens is 294 g/mol. The average molecular weight is 319 g/mol. The van der Waals surface area contributed by atoms with Crippen LogP contribution in [0.4, 0.5) is 0 Å². The number of aliphatic carboxylic acids is 1. The van der Waals surface area contributed by atoms with Crippen LogP contribution in [0.25, 0.3) is 0 Å². The van der Waals surface area contributed by atoms with E-state index < -0.39 is 5.97 Å². The molecule has 1 saturated carbocycles. The van der Waals surface area contributed by atoms with Crippen LogP contribution in [0.5, 0.6) is 11.5 Å². The first-order valence-electron chi connectivity index (χ1n) is 8.45. The molecule has 0 aromatic heterocycles. The fraction of sp³-hybridized carbons (Fsp3) is 0.611. The molecule has 1 aromatic rings. The average Bonchev–Trinajstić information content (AvgIpc) is 2.94. The van der Waals surface area contributed by atoms with Gasteiger partial charge in [0.05, 0.1) is 7.11 Å². The number of para-hydroxylation sites is 2. The second-order valence-corrected chi connectivity index (χ2v) is 6.44. The highest BCUT2D eigenvalue weighted by Crippen LogP contribution is 2.39. The summed E-state index contributed by atoms with van der Waals surface area (Å²) in [6.07, 6.45) is 5.51. The molecule has 5 nitrogen and oxygen atoms in total. The Hall–Kier alpha value is -1.75. The number of hydrogen-bond acceptors (Lipinski definition) is 4. The summed E-state index contributed by atoms with van der Waals surface area (Å²) in [7, 11) is 1.62. The van der Waals surface area contributed by atoms with Gasteiger partial charge in [-0.3, -0.25) is 9.69 Å². The third-order valence-electron chi connectivity index (χ3n) is 5.18. The number of hydrogen-bond donors (Lipinski definition) is 1. The molecular formula is C18H25NO4. The molecule has 0 radical (unpaired) electrons. The van der Waals surface area contributed by atoms with Gasteiger partial charge in [-0.2, -0.15) is 0 Å². The van der Waals surface area contributed by atoms with E-state index in [1.54, 1.807) is 7.11 Å². The van der Waals surface area contributed by atoms with Crippen molar-refractivity contribution < 1.29 is 19.4 Å². The number of nitrogens with zero attached hydrogens (tertiary/aromatic N) is 1. The van der Waals surface area contributed by atoms with Crippen LogP contribution in [-0.4, -0.2) is 48.3 Å². The Morgan fingerprint density at radius 1 is 1.26 bits per heavy atom. The lowest BCUT2D eigenvalue weighted by Gasteiger charge is -2.32. The van der Waals surface area contributed by atoms with Gasteiger partial charge in [0, 0.05) is 12.6 Å². The van der Waals surface area contributed by atoms with Crippen molar-refractivity contribution in [2.24, 2.45) is 5.92 Å². The Labute approximate surface area is 137 Å². The van der Waals surface area contributed by atoms with Gasteiger partial charge in [0.25, 0.3) is 0 Å². The molecule has 1 heterocycles. The highest BCUT2D eigenvalue weighted by atomic mass is 16.5. The number of likely N-dealkylation sites (tertiary alicyclic amines) is 1. The molecule has 1 saturated heterocycles. The summed E-state index contributed by atoms with van der Waals surface area (Å²) in [6.45, 7) is 1.13. The number of carbonyl (C=O) groups is 1. The Morgan fingerprint density at radius 2 is 2.00 bits per heavy atom. The minimum atomic E-state index is -0.698. The van der Waals surface area contributed by atoms with Crippen molar-refractivity contribution in [3.63, 3.8) is 0 Å². The topological polar surface area (TPSA) is 59.0 Å². The van der Waals surface area contributed by atoms with Crippen molar-refractivity contribution in [1.29, 1.82) is 0 Å². The molecule has 0 bridgehead atoms. The van der Waals surface area contributed by atoms with Crippen LogP contribution in [0, 0.1) is 5.92 Å². The maximum atomic E-state index is 11.6. The van der Waals surface area contributed by atoms with Gasteiger partial charge >= 0.3 is 5.97 Å². The monoisotopic (exact) mass is 319 g/mol. The summed E-state index contributed by atoms with van der Waals surface area (Å²) in [5.41, 5.74) is 0. The third kappa shape index (κ3) is 3.44. The molecule has 0 unspecified atom stereocenters. The predicted octanol–water partition coefficient (Wildman–Crippen LogP) is 2.79. The number of benzene rings is 1. The number of carboxylic acid groups (broad SMARTS) is 1. The van der Waals surface area contributed by atoms with E-state index in [-0.39, 0.29) is 6.04 Å². The summed E-state index contributed by atoms with van der Waals surface area (Å²) in [5.74, 6) is 1.26. The summed E-state index contributed by atoms with van der Waals surface area (Å²) in [4.78, 5) is 13.7. The largest absolute Gasteiger partial charge is 0.493 e. The van der Waals surface area contributed by atoms with Gasteiger partial charge < -0.3 is 14.6 Å². The van der Waals surface area contributed by atoms with Crippen LogP contribution in [0.15, 0.2) is 24.3 Å². The summed E-state index contributed by atoms with van der Waals surface area (Å²) in [6, 6.07) is 7.60. The van der Waals surface area contributed by atoms with Gasteiger partial charge in [0.15, 0.2) is 11.5 Å². The molecule has 3 atom stereocenters. The minimum absolute atomic E-state index is 0.357. The number of fused-ring (bicyclic) bond motifs is 1. The molecule has 3 rings (SSSR count). The first-order chi connectivity index (χ1) is 11.2. The zero-order valence-corrected chi connectivity index (χ0v) is 13.6. The smallest absolute Gasteiger partial charge is 0.320 e. The molecule has 2 fully saturated rings. The summed E-state index contributed by atoms with van der Waals surface area (Å²) < 4.78 is 11.1. The Balaban J connectivity index is 1.62. The highest BCUT2D eigenvalue weighted by Gasteiger charge is 2.44. The van der Waals surface area contributed by atoms with E-state index >= 15 is 0 Å². The van der Waals surface area contributed by atoms with Crippen LogP contribution in [0.3, 0.4) is 0 Å². The summed E-state index contributed by atoms with van der Waals surface area (Å²) in [5, 5.41) is 9.53. The molecule has 0 spiro atoms. The molecule has 2 aliphatic rings. The number of rotatable bonds is 6. The van der Waals surface area contributed by atoms with E-state index in [9.17, 15) is 9.90 Å². The maximum absolute atomic E-state index is 11.6. The SMILES string of the molecule is COc1ccccc1OCCN1[C@H](C(=O)O)C[C@@H]2CCCC[C@@H]21. The lowest BCUT2D eigenvalue weighted by Crippen LogP contribution is -2.44. The molecule has 5 heteroatoms. The van der Waals surface area contributed by atoms with Crippen LogP contribution in [-0.2, 0) is 4.79 Å². The van der Waals surface area contributed by atoms with Gasteiger partial charge in [-0.15, -0.1) is 0 Å². The number of carboxylic acids is 1. The van der Waals surface area contributed by atoms with Gasteiger partial charge in [-0.05, 0) is 37.3 Å². The van der Waals surface area contributed by atoms with Crippen molar-refractivity contribution >= 4 is 5.97 Å². The van der Waals surface area contributed by atoms with E-state index in [1.807, 2.05) is 24.3 Å². The fourth-order valence-corrected chi connectivity index (χ4v) is 4.12. The predicted molar refractivity (Wildman–Crippen MR) is 87.0 cm³/mol. The van der Waals surface area contributed by atoms with Crippen molar-refractivity contribution in [2.75, 3.05) is 20.3 Å². The highest BCUT2D eigenvalue weighted by molar-refractivity contribution is 5.74. The van der Waals surface area contributed by atoms with E-state index in [0.717, 1.165) is 19.3 Å². The van der Waals surface area contributed by atoms with Crippen molar-refractivity contribution in [2.45, 2.75) is 44.2 Å². The lowest BCUT2D eigenvalue weighted by atomic mass is 9.85. The first kappa shape index (κ1) is 16.1. The second kappa shape index (κ2) is 7.21. The zero-order chi connectivity index (χ0) is 16.2. The van der Waals surface area contributed by atoms with Crippen molar-refractivity contribution in [1.82, 2.24) is 4.90 Å². The molecule has 23 heavy (non-hydrogen) atoms. The first-order valence-corrected chi connectivity index (χ1v) is 8.45. The zero-order valence-electron chi connectivity index (χ0n) is 13.6. The van der Waals surface area contributed by atoms with Crippen LogP contribution in [0.1, 0.15) is 32.1 Å². The molecule has 1 aliphatic heterocycles. The van der Waals surface area contributed by atoms with E-state index in [2.05, 4.69) is 4.90 Å². The van der Waals surface area contributed by atoms with Gasteiger partial charge in [-0.25, -0.2) is 0 Å². The van der Waals surface area contributed by atoms with Crippen molar-refractivity contribution in [3.05, 3.63) is 24.3 Å². The molecule has 0 amide bonds. The summed E-state index contributed by atoms with van der Waals surface area (Å²) >= 11 is 0. The molecule has 1 N–H and O–H groups in total. The third-order valence-corrected chi connectivity index (χ3v) is 5.18. The maximum Gasteiger partial charge on any atom is 0.320 e. The second-order valence-electron chi connectivity index (χ2n) is 6.44. The van der Waals surface area contributed by atoms with Crippen molar-refractivity contribution in [3.8, 4) is 11.5 Å². The lowest BCUT2D eigenvalue weighted by molar-refractivity contribution is -0.142. The quantitative estimate of drug-likeness (QED) is 0.874. The van der Waals surface area contributed by atoms with E-state index in [1.165, 1.54) is 12.8 Å². The number of methoxy groups -OCH3 is 1. The Morgan fingerprint density at radius 3 is 2.74 bits per heavy atom. The van der Waals surface area contributed by atoms with Crippen LogP contribution >= 0.6 is 0 Å². The Bertz CT molecular complexity index is 548. The van der Waals surface area contributed by atoms with Gasteiger partial charge in [0.1, 0.15) is 12.6 Å². The van der Waals surface area contributed by atoms with Gasteiger partial charge in [0.2, 0.25) is 0 Å². The fourth-order valence-electron chi connectivity index (χ4n) is 4.12. The van der Waals surface area contributed by atoms with Crippen LogP contribution in [0.2, 0.25) is 0 Å². The molecule has 126 valence electrons. The van der Waals surface area contributed by atoms with Gasteiger partial charge in [-0.1, -0.05) is 25.0 Å². The molecule has 1 aliphatic carbocycles.